The van der Waals surface area contributed by atoms with Crippen LogP contribution in [0.25, 0.3) is 11.0 Å². The van der Waals surface area contributed by atoms with Crippen LogP contribution >= 0.6 is 11.6 Å². The highest BCUT2D eigenvalue weighted by molar-refractivity contribution is 7.89. The predicted molar refractivity (Wildman–Crippen MR) is 125 cm³/mol. The van der Waals surface area contributed by atoms with Crippen molar-refractivity contribution in [2.75, 3.05) is 25.0 Å². The van der Waals surface area contributed by atoms with Gasteiger partial charge < -0.3 is 14.5 Å². The van der Waals surface area contributed by atoms with Gasteiger partial charge in [-0.25, -0.2) is 13.2 Å². The largest absolute Gasteiger partial charge is 0.484 e. The molecule has 1 N–H and O–H groups in total. The van der Waals surface area contributed by atoms with Crippen LogP contribution in [0.5, 0.6) is 5.75 Å². The van der Waals surface area contributed by atoms with Gasteiger partial charge in [-0.1, -0.05) is 18.0 Å². The van der Waals surface area contributed by atoms with Gasteiger partial charge in [-0.3, -0.25) is 4.79 Å². The Morgan fingerprint density at radius 2 is 1.88 bits per heavy atom. The molecular weight excluding hydrogens is 468 g/mol. The molecule has 1 saturated heterocycles. The highest BCUT2D eigenvalue weighted by Gasteiger charge is 2.26. The van der Waals surface area contributed by atoms with Crippen LogP contribution < -0.4 is 15.7 Å². The Balaban J connectivity index is 1.46. The van der Waals surface area contributed by atoms with Crippen molar-refractivity contribution >= 4 is 44.2 Å². The van der Waals surface area contributed by atoms with Gasteiger partial charge >= 0.3 is 5.63 Å². The Bertz CT molecular complexity index is 1360. The number of piperidine rings is 1. The molecule has 33 heavy (non-hydrogen) atoms. The van der Waals surface area contributed by atoms with Gasteiger partial charge in [0.05, 0.1) is 15.6 Å². The van der Waals surface area contributed by atoms with E-state index in [1.165, 1.54) is 34.6 Å². The molecule has 0 spiro atoms. The van der Waals surface area contributed by atoms with E-state index in [-0.39, 0.29) is 22.2 Å². The fourth-order valence-electron chi connectivity index (χ4n) is 3.75. The van der Waals surface area contributed by atoms with Crippen molar-refractivity contribution in [1.29, 1.82) is 0 Å². The summed E-state index contributed by atoms with van der Waals surface area (Å²) in [6.07, 6.45) is 2.66. The number of fused-ring (bicyclic) bond motifs is 1. The number of halogens is 1. The lowest BCUT2D eigenvalue weighted by atomic mass is 10.1. The van der Waals surface area contributed by atoms with Crippen molar-refractivity contribution in [2.45, 2.75) is 31.1 Å². The molecule has 0 bridgehead atoms. The molecule has 0 atom stereocenters. The molecule has 10 heteroatoms. The van der Waals surface area contributed by atoms with Crippen molar-refractivity contribution in [3.63, 3.8) is 0 Å². The lowest BCUT2D eigenvalue weighted by Crippen LogP contribution is -2.35. The Morgan fingerprint density at radius 1 is 1.12 bits per heavy atom. The van der Waals surface area contributed by atoms with Crippen LogP contribution in [0.15, 0.2) is 56.6 Å². The molecule has 0 unspecified atom stereocenters. The Kier molecular flexibility index (Phi) is 6.73. The van der Waals surface area contributed by atoms with Gasteiger partial charge in [-0.05, 0) is 55.7 Å². The van der Waals surface area contributed by atoms with Gasteiger partial charge in [-0.15, -0.1) is 0 Å². The maximum atomic E-state index is 12.9. The molecule has 2 heterocycles. The molecule has 3 aromatic rings. The maximum absolute atomic E-state index is 12.9. The third-order valence-corrected chi connectivity index (χ3v) is 7.68. The van der Waals surface area contributed by atoms with Gasteiger partial charge in [0, 0.05) is 30.6 Å². The van der Waals surface area contributed by atoms with Crippen LogP contribution in [-0.4, -0.2) is 38.3 Å². The number of nitrogens with zero attached hydrogens (tertiary/aromatic N) is 1. The molecule has 8 nitrogen and oxygen atoms in total. The van der Waals surface area contributed by atoms with E-state index >= 15 is 0 Å². The molecule has 174 valence electrons. The summed E-state index contributed by atoms with van der Waals surface area (Å²) in [4.78, 5) is 24.1. The first kappa shape index (κ1) is 23.3. The molecule has 0 saturated carbocycles. The van der Waals surface area contributed by atoms with Crippen LogP contribution in [0.4, 0.5) is 5.69 Å². The second-order valence-electron chi connectivity index (χ2n) is 7.85. The average molecular weight is 491 g/mol. The first-order valence-electron chi connectivity index (χ1n) is 10.5. The second kappa shape index (κ2) is 9.54. The first-order chi connectivity index (χ1) is 15.7. The SMILES string of the molecule is Cc1cc(=O)oc2cc(OCC(=O)Nc3cc(S(=O)(=O)N4CCCCC4)ccc3Cl)ccc12. The van der Waals surface area contributed by atoms with Crippen molar-refractivity contribution < 1.29 is 22.4 Å². The molecule has 1 aliphatic heterocycles. The molecule has 1 amide bonds. The van der Waals surface area contributed by atoms with E-state index in [1.807, 2.05) is 0 Å². The summed E-state index contributed by atoms with van der Waals surface area (Å²) in [6, 6.07) is 10.6. The quantitative estimate of drug-likeness (QED) is 0.524. The van der Waals surface area contributed by atoms with E-state index in [0.29, 0.717) is 24.4 Å². The molecule has 4 rings (SSSR count). The van der Waals surface area contributed by atoms with E-state index in [2.05, 4.69) is 5.32 Å². The molecule has 1 aliphatic rings. The normalized spacial score (nSPS) is 14.8. The molecule has 0 aliphatic carbocycles. The molecule has 1 aromatic heterocycles. The average Bonchev–Trinajstić information content (AvgIpc) is 2.79. The first-order valence-corrected chi connectivity index (χ1v) is 12.3. The third-order valence-electron chi connectivity index (χ3n) is 5.46. The second-order valence-corrected chi connectivity index (χ2v) is 10.2. The summed E-state index contributed by atoms with van der Waals surface area (Å²) in [5.74, 6) is -0.172. The third kappa shape index (κ3) is 5.21. The lowest BCUT2D eigenvalue weighted by Gasteiger charge is -2.26. The van der Waals surface area contributed by atoms with E-state index < -0.39 is 21.6 Å². The topological polar surface area (TPSA) is 106 Å². The lowest BCUT2D eigenvalue weighted by molar-refractivity contribution is -0.118. The van der Waals surface area contributed by atoms with Gasteiger partial charge in [0.15, 0.2) is 6.61 Å². The van der Waals surface area contributed by atoms with Crippen molar-refractivity contribution in [3.8, 4) is 5.75 Å². The van der Waals surface area contributed by atoms with Crippen molar-refractivity contribution in [2.24, 2.45) is 0 Å². The minimum atomic E-state index is -3.66. The van der Waals surface area contributed by atoms with Crippen LogP contribution in [-0.2, 0) is 14.8 Å². The summed E-state index contributed by atoms with van der Waals surface area (Å²) in [6.45, 7) is 2.41. The Morgan fingerprint density at radius 3 is 2.64 bits per heavy atom. The van der Waals surface area contributed by atoms with Gasteiger partial charge in [0.25, 0.3) is 5.91 Å². The summed E-state index contributed by atoms with van der Waals surface area (Å²) in [5.41, 5.74) is 0.851. The summed E-state index contributed by atoms with van der Waals surface area (Å²) >= 11 is 6.18. The van der Waals surface area contributed by atoms with Crippen LogP contribution in [0.3, 0.4) is 0 Å². The number of hydrogen-bond acceptors (Lipinski definition) is 6. The number of ether oxygens (including phenoxy) is 1. The number of sulfonamides is 1. The zero-order valence-corrected chi connectivity index (χ0v) is 19.5. The predicted octanol–water partition coefficient (Wildman–Crippen LogP) is 3.95. The smallest absolute Gasteiger partial charge is 0.336 e. The number of benzene rings is 2. The number of amides is 1. The van der Waals surface area contributed by atoms with Gasteiger partial charge in [0.1, 0.15) is 11.3 Å². The van der Waals surface area contributed by atoms with Crippen molar-refractivity contribution in [3.05, 3.63) is 63.5 Å². The molecule has 2 aromatic carbocycles. The Hall–Kier alpha value is -2.88. The number of carbonyl (C=O) groups excluding carboxylic acids is 1. The number of aryl methyl sites for hydroxylation is 1. The maximum Gasteiger partial charge on any atom is 0.336 e. The zero-order chi connectivity index (χ0) is 23.6. The van der Waals surface area contributed by atoms with Crippen LogP contribution in [0.2, 0.25) is 5.02 Å². The monoisotopic (exact) mass is 490 g/mol. The number of rotatable bonds is 6. The summed E-state index contributed by atoms with van der Waals surface area (Å²) < 4.78 is 38.0. The number of carbonyl (C=O) groups is 1. The summed E-state index contributed by atoms with van der Waals surface area (Å²) in [5, 5.41) is 3.58. The highest BCUT2D eigenvalue weighted by atomic mass is 35.5. The number of hydrogen-bond donors (Lipinski definition) is 1. The van der Waals surface area contributed by atoms with E-state index in [4.69, 9.17) is 20.8 Å². The van der Waals surface area contributed by atoms with E-state index in [9.17, 15) is 18.0 Å². The van der Waals surface area contributed by atoms with E-state index in [0.717, 1.165) is 30.2 Å². The van der Waals surface area contributed by atoms with Crippen LogP contribution in [0, 0.1) is 6.92 Å². The highest BCUT2D eigenvalue weighted by Crippen LogP contribution is 2.28. The minimum absolute atomic E-state index is 0.0740. The fraction of sp³-hybridized carbons (Fsp3) is 0.304. The fourth-order valence-corrected chi connectivity index (χ4v) is 5.45. The van der Waals surface area contributed by atoms with E-state index in [1.54, 1.807) is 19.1 Å². The van der Waals surface area contributed by atoms with Gasteiger partial charge in [0.2, 0.25) is 10.0 Å². The number of nitrogens with one attached hydrogen (secondary N) is 1. The van der Waals surface area contributed by atoms with Crippen LogP contribution in [0.1, 0.15) is 24.8 Å². The van der Waals surface area contributed by atoms with Crippen molar-refractivity contribution in [1.82, 2.24) is 4.31 Å². The standard InChI is InChI=1S/C23H23ClN2O6S/c1-15-11-23(28)32-21-12-16(5-7-18(15)21)31-14-22(27)25-20-13-17(6-8-19(20)24)33(29,30)26-9-3-2-4-10-26/h5-8,11-13H,2-4,9-10,14H2,1H3,(H,25,27). The zero-order valence-electron chi connectivity index (χ0n) is 18.0. The van der Waals surface area contributed by atoms with Gasteiger partial charge in [-0.2, -0.15) is 4.31 Å². The number of anilines is 1. The Labute approximate surface area is 196 Å². The molecule has 1 fully saturated rings. The minimum Gasteiger partial charge on any atom is -0.484 e. The molecular formula is C23H23ClN2O6S. The molecule has 0 radical (unpaired) electrons. The summed E-state index contributed by atoms with van der Waals surface area (Å²) in [7, 11) is -3.66.